The van der Waals surface area contributed by atoms with Crippen molar-refractivity contribution in [3.63, 3.8) is 0 Å². The summed E-state index contributed by atoms with van der Waals surface area (Å²) in [4.78, 5) is 17.8. The number of thioether (sulfide) groups is 1. The third-order valence-electron chi connectivity index (χ3n) is 5.64. The van der Waals surface area contributed by atoms with Gasteiger partial charge in [0.2, 0.25) is 0 Å². The minimum absolute atomic E-state index is 0.291. The molecular formula is C26H32N2O4S. The van der Waals surface area contributed by atoms with E-state index in [2.05, 4.69) is 38.2 Å². The molecule has 0 aliphatic carbocycles. The number of esters is 1. The minimum Gasteiger partial charge on any atom is -0.497 e. The van der Waals surface area contributed by atoms with Gasteiger partial charge in [-0.05, 0) is 63.4 Å². The Bertz CT molecular complexity index is 1080. The van der Waals surface area contributed by atoms with Crippen LogP contribution in [0.15, 0.2) is 46.6 Å². The van der Waals surface area contributed by atoms with E-state index in [9.17, 15) is 4.79 Å². The molecule has 0 fully saturated rings. The van der Waals surface area contributed by atoms with Gasteiger partial charge >= 0.3 is 5.97 Å². The van der Waals surface area contributed by atoms with Gasteiger partial charge in [-0.2, -0.15) is 0 Å². The van der Waals surface area contributed by atoms with Crippen LogP contribution in [0.4, 0.5) is 0 Å². The summed E-state index contributed by atoms with van der Waals surface area (Å²) < 4.78 is 16.3. The summed E-state index contributed by atoms with van der Waals surface area (Å²) in [5.74, 6) is 1.67. The van der Waals surface area contributed by atoms with Crippen molar-refractivity contribution in [2.75, 3.05) is 20.8 Å². The molecule has 1 N–H and O–H groups in total. The van der Waals surface area contributed by atoms with E-state index in [1.54, 1.807) is 39.0 Å². The topological polar surface area (TPSA) is 69.2 Å². The normalized spacial score (nSPS) is 15.6. The van der Waals surface area contributed by atoms with Gasteiger partial charge in [0.25, 0.3) is 0 Å². The van der Waals surface area contributed by atoms with Crippen LogP contribution in [0.25, 0.3) is 0 Å². The lowest BCUT2D eigenvalue weighted by molar-refractivity contribution is -0.138. The monoisotopic (exact) mass is 468 g/mol. The van der Waals surface area contributed by atoms with Gasteiger partial charge in [0.1, 0.15) is 17.5 Å². The molecule has 0 aromatic heterocycles. The molecule has 6 nitrogen and oxygen atoms in total. The maximum Gasteiger partial charge on any atom is 0.338 e. The number of benzene rings is 2. The highest BCUT2D eigenvalue weighted by Crippen LogP contribution is 2.39. The van der Waals surface area contributed by atoms with E-state index < -0.39 is 6.04 Å². The fourth-order valence-electron chi connectivity index (χ4n) is 4.04. The van der Waals surface area contributed by atoms with E-state index in [1.807, 2.05) is 19.1 Å². The fourth-order valence-corrected chi connectivity index (χ4v) is 5.18. The van der Waals surface area contributed by atoms with Crippen molar-refractivity contribution in [2.45, 2.75) is 46.4 Å². The number of allylic oxidation sites excluding steroid dienone is 1. The molecule has 0 spiro atoms. The number of aryl methyl sites for hydroxylation is 3. The van der Waals surface area contributed by atoms with Gasteiger partial charge in [-0.3, -0.25) is 0 Å². The number of nitrogens with zero attached hydrogens (tertiary/aromatic N) is 1. The van der Waals surface area contributed by atoms with Crippen molar-refractivity contribution in [3.8, 4) is 11.5 Å². The molecule has 1 aliphatic heterocycles. The van der Waals surface area contributed by atoms with Crippen molar-refractivity contribution in [3.05, 3.63) is 69.4 Å². The maximum atomic E-state index is 12.9. The quantitative estimate of drug-likeness (QED) is 0.549. The van der Waals surface area contributed by atoms with Crippen molar-refractivity contribution < 1.29 is 19.0 Å². The fraction of sp³-hybridized carbons (Fsp3) is 0.385. The third-order valence-corrected chi connectivity index (χ3v) is 6.56. The highest BCUT2D eigenvalue weighted by atomic mass is 32.2. The Hall–Kier alpha value is -2.93. The van der Waals surface area contributed by atoms with Crippen molar-refractivity contribution in [1.29, 1.82) is 0 Å². The first-order chi connectivity index (χ1) is 15.8. The van der Waals surface area contributed by atoms with Gasteiger partial charge < -0.3 is 19.5 Å². The Labute approximate surface area is 200 Å². The highest BCUT2D eigenvalue weighted by molar-refractivity contribution is 8.13. The Morgan fingerprint density at radius 2 is 1.76 bits per heavy atom. The first-order valence-corrected chi connectivity index (χ1v) is 11.9. The largest absolute Gasteiger partial charge is 0.497 e. The second-order valence-corrected chi connectivity index (χ2v) is 8.96. The SMILES string of the molecule is CCOC(=O)C1=C(C)NC(SCc2c(C)cc(C)cc2C)=N[C@H]1c1ccc(OC)cc1OC. The average molecular weight is 469 g/mol. The number of methoxy groups -OCH3 is 2. The zero-order valence-corrected chi connectivity index (χ0v) is 21.2. The molecule has 1 heterocycles. The van der Waals surface area contributed by atoms with Crippen LogP contribution in [0.3, 0.4) is 0 Å². The van der Waals surface area contributed by atoms with Gasteiger partial charge in [-0.15, -0.1) is 0 Å². The lowest BCUT2D eigenvalue weighted by atomic mass is 9.95. The summed E-state index contributed by atoms with van der Waals surface area (Å²) in [5.41, 5.74) is 7.08. The van der Waals surface area contributed by atoms with Crippen LogP contribution in [0.5, 0.6) is 11.5 Å². The molecule has 0 saturated heterocycles. The molecule has 2 aromatic rings. The Kier molecular flexibility index (Phi) is 8.08. The van der Waals surface area contributed by atoms with E-state index in [0.29, 0.717) is 23.7 Å². The number of carbonyl (C=O) groups excluding carboxylic acids is 1. The van der Waals surface area contributed by atoms with Gasteiger partial charge in [-0.1, -0.05) is 29.5 Å². The maximum absolute atomic E-state index is 12.9. The first-order valence-electron chi connectivity index (χ1n) is 10.9. The molecule has 33 heavy (non-hydrogen) atoms. The van der Waals surface area contributed by atoms with E-state index in [1.165, 1.54) is 22.3 Å². The number of hydrogen-bond acceptors (Lipinski definition) is 7. The highest BCUT2D eigenvalue weighted by Gasteiger charge is 2.32. The molecule has 2 aromatic carbocycles. The molecule has 176 valence electrons. The second kappa shape index (κ2) is 10.8. The summed E-state index contributed by atoms with van der Waals surface area (Å²) in [7, 11) is 3.21. The predicted molar refractivity (Wildman–Crippen MR) is 134 cm³/mol. The van der Waals surface area contributed by atoms with E-state index in [4.69, 9.17) is 19.2 Å². The molecule has 0 amide bonds. The summed E-state index contributed by atoms with van der Waals surface area (Å²) in [6, 6.07) is 9.40. The van der Waals surface area contributed by atoms with Crippen LogP contribution in [0.1, 0.15) is 47.7 Å². The number of carbonyl (C=O) groups is 1. The third kappa shape index (κ3) is 5.53. The Balaban J connectivity index is 1.99. The zero-order chi connectivity index (χ0) is 24.1. The molecule has 3 rings (SSSR count). The second-order valence-electron chi connectivity index (χ2n) is 7.99. The Morgan fingerprint density at radius 3 is 2.36 bits per heavy atom. The Morgan fingerprint density at radius 1 is 1.06 bits per heavy atom. The number of nitrogens with one attached hydrogen (secondary N) is 1. The summed E-state index contributed by atoms with van der Waals surface area (Å²) in [6.07, 6.45) is 0. The molecule has 1 atom stereocenters. The molecule has 0 saturated carbocycles. The van der Waals surface area contributed by atoms with Crippen LogP contribution in [-0.2, 0) is 15.3 Å². The first kappa shape index (κ1) is 24.7. The van der Waals surface area contributed by atoms with Crippen LogP contribution in [0.2, 0.25) is 0 Å². The average Bonchev–Trinajstić information content (AvgIpc) is 2.77. The van der Waals surface area contributed by atoms with Gasteiger partial charge in [0.15, 0.2) is 5.17 Å². The summed E-state index contributed by atoms with van der Waals surface area (Å²) >= 11 is 1.62. The summed E-state index contributed by atoms with van der Waals surface area (Å²) in [5, 5.41) is 4.06. The number of hydrogen-bond donors (Lipinski definition) is 1. The zero-order valence-electron chi connectivity index (χ0n) is 20.4. The van der Waals surface area contributed by atoms with Gasteiger partial charge in [0, 0.05) is 23.1 Å². The molecular weight excluding hydrogens is 436 g/mol. The van der Waals surface area contributed by atoms with Gasteiger partial charge in [0.05, 0.1) is 26.4 Å². The van der Waals surface area contributed by atoms with Crippen molar-refractivity contribution in [1.82, 2.24) is 5.32 Å². The lowest BCUT2D eigenvalue weighted by Crippen LogP contribution is -2.30. The number of amidine groups is 1. The predicted octanol–water partition coefficient (Wildman–Crippen LogP) is 5.40. The smallest absolute Gasteiger partial charge is 0.338 e. The molecule has 0 radical (unpaired) electrons. The van der Waals surface area contributed by atoms with Crippen LogP contribution in [0, 0.1) is 20.8 Å². The molecule has 1 aliphatic rings. The molecule has 0 bridgehead atoms. The van der Waals surface area contributed by atoms with E-state index in [-0.39, 0.29) is 5.97 Å². The minimum atomic E-state index is -0.547. The van der Waals surface area contributed by atoms with Crippen LogP contribution >= 0.6 is 11.8 Å². The van der Waals surface area contributed by atoms with Crippen LogP contribution in [-0.4, -0.2) is 32.0 Å². The molecule has 7 heteroatoms. The summed E-state index contributed by atoms with van der Waals surface area (Å²) in [6.45, 7) is 10.4. The van der Waals surface area contributed by atoms with Crippen LogP contribution < -0.4 is 14.8 Å². The van der Waals surface area contributed by atoms with E-state index >= 15 is 0 Å². The lowest BCUT2D eigenvalue weighted by Gasteiger charge is -2.27. The number of rotatable bonds is 7. The number of ether oxygens (including phenoxy) is 3. The van der Waals surface area contributed by atoms with Crippen molar-refractivity contribution >= 4 is 22.9 Å². The van der Waals surface area contributed by atoms with Crippen molar-refractivity contribution in [2.24, 2.45) is 4.99 Å². The van der Waals surface area contributed by atoms with E-state index in [0.717, 1.165) is 22.2 Å². The standard InChI is InChI=1S/C26H32N2O4S/c1-8-32-25(29)23-18(5)27-26(33-14-21-16(3)11-15(2)12-17(21)4)28-24(23)20-10-9-19(30-6)13-22(20)31-7/h9-13,24H,8,14H2,1-7H3,(H,27,28)/t24-/m0/s1. The molecule has 0 unspecified atom stereocenters. The van der Waals surface area contributed by atoms with Gasteiger partial charge in [-0.25, -0.2) is 9.79 Å². The number of aliphatic imine (C=N–C) groups is 1.